The van der Waals surface area contributed by atoms with Crippen LogP contribution in [0.2, 0.25) is 0 Å². The van der Waals surface area contributed by atoms with Gasteiger partial charge < -0.3 is 15.0 Å². The normalized spacial score (nSPS) is 19.2. The smallest absolute Gasteiger partial charge is 0.220 e. The number of methoxy groups -OCH3 is 1. The fourth-order valence-corrected chi connectivity index (χ4v) is 2.55. The molecular formula is C16H32N2O2. The number of piperidine rings is 1. The molecule has 1 atom stereocenters. The van der Waals surface area contributed by atoms with E-state index in [1.54, 1.807) is 7.11 Å². The highest BCUT2D eigenvalue weighted by molar-refractivity contribution is 5.76. The third kappa shape index (κ3) is 6.71. The van der Waals surface area contributed by atoms with Crippen molar-refractivity contribution in [3.8, 4) is 0 Å². The van der Waals surface area contributed by atoms with E-state index in [1.807, 2.05) is 0 Å². The molecule has 0 spiro atoms. The number of nitrogens with zero attached hydrogens (tertiary/aromatic N) is 1. The van der Waals surface area contributed by atoms with Crippen molar-refractivity contribution in [1.82, 2.24) is 10.2 Å². The maximum Gasteiger partial charge on any atom is 0.220 e. The van der Waals surface area contributed by atoms with Crippen molar-refractivity contribution >= 4 is 5.91 Å². The molecule has 1 fully saturated rings. The molecule has 4 nitrogen and oxygen atoms in total. The van der Waals surface area contributed by atoms with Crippen LogP contribution in [0.25, 0.3) is 0 Å². The van der Waals surface area contributed by atoms with E-state index in [2.05, 4.69) is 31.0 Å². The second kappa shape index (κ2) is 9.35. The lowest BCUT2D eigenvalue weighted by Crippen LogP contribution is -2.45. The predicted molar refractivity (Wildman–Crippen MR) is 82.7 cm³/mol. The maximum absolute atomic E-state index is 12.0. The number of amides is 1. The summed E-state index contributed by atoms with van der Waals surface area (Å²) in [6.45, 7) is 10.6. The third-order valence-corrected chi connectivity index (χ3v) is 4.42. The van der Waals surface area contributed by atoms with Crippen LogP contribution in [0.1, 0.15) is 46.5 Å². The zero-order valence-corrected chi connectivity index (χ0v) is 13.7. The van der Waals surface area contributed by atoms with E-state index >= 15 is 0 Å². The molecule has 0 aromatic carbocycles. The third-order valence-electron chi connectivity index (χ3n) is 4.42. The van der Waals surface area contributed by atoms with Gasteiger partial charge in [0.15, 0.2) is 0 Å². The number of likely N-dealkylation sites (tertiary alicyclic amines) is 1. The van der Waals surface area contributed by atoms with Crippen LogP contribution in [0.4, 0.5) is 0 Å². The number of hydrogen-bond donors (Lipinski definition) is 1. The van der Waals surface area contributed by atoms with Gasteiger partial charge in [-0.15, -0.1) is 0 Å². The van der Waals surface area contributed by atoms with Crippen LogP contribution in [0.5, 0.6) is 0 Å². The van der Waals surface area contributed by atoms with Gasteiger partial charge in [0.05, 0.1) is 0 Å². The predicted octanol–water partition coefficient (Wildman–Crippen LogP) is 2.29. The minimum Gasteiger partial charge on any atom is -0.385 e. The van der Waals surface area contributed by atoms with Gasteiger partial charge in [-0.2, -0.15) is 0 Å². The molecule has 0 aromatic rings. The lowest BCUT2D eigenvalue weighted by molar-refractivity contribution is -0.123. The standard InChI is InChI=1S/C16H32N2O2/c1-13(2)14(3)12-16(19)17-15-6-9-18(10-7-15)8-5-11-20-4/h13-15H,5-12H2,1-4H3,(H,17,19)/t14-/m0/s1. The van der Waals surface area contributed by atoms with Crippen molar-refractivity contribution in [3.05, 3.63) is 0 Å². The maximum atomic E-state index is 12.0. The molecule has 1 heterocycles. The van der Waals surface area contributed by atoms with E-state index in [4.69, 9.17) is 4.74 Å². The van der Waals surface area contributed by atoms with Gasteiger partial charge in [0.1, 0.15) is 0 Å². The minimum absolute atomic E-state index is 0.226. The van der Waals surface area contributed by atoms with Crippen molar-refractivity contribution < 1.29 is 9.53 Å². The summed E-state index contributed by atoms with van der Waals surface area (Å²) in [6.07, 6.45) is 3.91. The number of carbonyl (C=O) groups excluding carboxylic acids is 1. The number of ether oxygens (including phenoxy) is 1. The summed E-state index contributed by atoms with van der Waals surface area (Å²) in [4.78, 5) is 14.4. The molecule has 1 saturated heterocycles. The molecule has 4 heteroatoms. The Morgan fingerprint density at radius 2 is 1.95 bits per heavy atom. The monoisotopic (exact) mass is 284 g/mol. The first-order chi connectivity index (χ1) is 9.52. The van der Waals surface area contributed by atoms with Crippen LogP contribution in [0, 0.1) is 11.8 Å². The van der Waals surface area contributed by atoms with E-state index in [1.165, 1.54) is 0 Å². The summed E-state index contributed by atoms with van der Waals surface area (Å²) in [6, 6.07) is 0.375. The van der Waals surface area contributed by atoms with Gasteiger partial charge in [0.25, 0.3) is 0 Å². The topological polar surface area (TPSA) is 41.6 Å². The molecule has 118 valence electrons. The zero-order chi connectivity index (χ0) is 15.0. The van der Waals surface area contributed by atoms with E-state index in [9.17, 15) is 4.79 Å². The first-order valence-corrected chi connectivity index (χ1v) is 8.03. The number of carbonyl (C=O) groups is 1. The van der Waals surface area contributed by atoms with E-state index in [0.717, 1.165) is 45.5 Å². The fraction of sp³-hybridized carbons (Fsp3) is 0.938. The van der Waals surface area contributed by atoms with Crippen molar-refractivity contribution in [1.29, 1.82) is 0 Å². The zero-order valence-electron chi connectivity index (χ0n) is 13.7. The van der Waals surface area contributed by atoms with Crippen LogP contribution >= 0.6 is 0 Å². The molecule has 1 aliphatic heterocycles. The number of nitrogens with one attached hydrogen (secondary N) is 1. The van der Waals surface area contributed by atoms with Gasteiger partial charge in [-0.3, -0.25) is 4.79 Å². The summed E-state index contributed by atoms with van der Waals surface area (Å²) >= 11 is 0. The highest BCUT2D eigenvalue weighted by Crippen LogP contribution is 2.15. The summed E-state index contributed by atoms with van der Waals surface area (Å²) in [5.74, 6) is 1.26. The Kier molecular flexibility index (Phi) is 8.15. The molecule has 0 aliphatic carbocycles. The SMILES string of the molecule is COCCCN1CCC(NC(=O)C[C@H](C)C(C)C)CC1. The number of hydrogen-bond acceptors (Lipinski definition) is 3. The summed E-state index contributed by atoms with van der Waals surface area (Å²) in [5.41, 5.74) is 0. The molecule has 20 heavy (non-hydrogen) atoms. The van der Waals surface area contributed by atoms with Gasteiger partial charge in [0.2, 0.25) is 5.91 Å². The van der Waals surface area contributed by atoms with Gasteiger partial charge in [-0.25, -0.2) is 0 Å². The Labute approximate surface area is 124 Å². The van der Waals surface area contributed by atoms with Crippen LogP contribution in [-0.2, 0) is 9.53 Å². The van der Waals surface area contributed by atoms with Gasteiger partial charge in [-0.1, -0.05) is 20.8 Å². The van der Waals surface area contributed by atoms with E-state index in [0.29, 0.717) is 24.3 Å². The Morgan fingerprint density at radius 1 is 1.30 bits per heavy atom. The fourth-order valence-electron chi connectivity index (χ4n) is 2.55. The average Bonchev–Trinajstić information content (AvgIpc) is 2.40. The van der Waals surface area contributed by atoms with Crippen LogP contribution < -0.4 is 5.32 Å². The lowest BCUT2D eigenvalue weighted by Gasteiger charge is -2.32. The Bertz CT molecular complexity index is 274. The highest BCUT2D eigenvalue weighted by Gasteiger charge is 2.21. The van der Waals surface area contributed by atoms with Gasteiger partial charge in [-0.05, 0) is 31.1 Å². The van der Waals surface area contributed by atoms with Crippen LogP contribution in [-0.4, -0.2) is 50.2 Å². The minimum atomic E-state index is 0.226. The molecule has 0 unspecified atom stereocenters. The lowest BCUT2D eigenvalue weighted by atomic mass is 9.94. The highest BCUT2D eigenvalue weighted by atomic mass is 16.5. The van der Waals surface area contributed by atoms with Crippen molar-refractivity contribution in [2.75, 3.05) is 33.4 Å². The first kappa shape index (κ1) is 17.4. The largest absolute Gasteiger partial charge is 0.385 e. The van der Waals surface area contributed by atoms with Gasteiger partial charge in [0, 0.05) is 45.8 Å². The molecule has 0 radical (unpaired) electrons. The van der Waals surface area contributed by atoms with Crippen LogP contribution in [0.15, 0.2) is 0 Å². The molecule has 1 amide bonds. The second-order valence-electron chi connectivity index (χ2n) is 6.46. The van der Waals surface area contributed by atoms with E-state index in [-0.39, 0.29) is 5.91 Å². The quantitative estimate of drug-likeness (QED) is 0.695. The van der Waals surface area contributed by atoms with E-state index < -0.39 is 0 Å². The Balaban J connectivity index is 2.17. The molecule has 1 aliphatic rings. The average molecular weight is 284 g/mol. The summed E-state index contributed by atoms with van der Waals surface area (Å²) < 4.78 is 5.08. The van der Waals surface area contributed by atoms with Crippen molar-refractivity contribution in [2.45, 2.75) is 52.5 Å². The molecule has 0 saturated carbocycles. The first-order valence-electron chi connectivity index (χ1n) is 8.03. The Hall–Kier alpha value is -0.610. The molecule has 0 aromatic heterocycles. The molecule has 1 N–H and O–H groups in total. The molecule has 0 bridgehead atoms. The van der Waals surface area contributed by atoms with Gasteiger partial charge >= 0.3 is 0 Å². The van der Waals surface area contributed by atoms with Crippen molar-refractivity contribution in [3.63, 3.8) is 0 Å². The second-order valence-corrected chi connectivity index (χ2v) is 6.46. The van der Waals surface area contributed by atoms with Crippen LogP contribution in [0.3, 0.4) is 0 Å². The summed E-state index contributed by atoms with van der Waals surface area (Å²) in [5, 5.41) is 3.20. The molecule has 1 rings (SSSR count). The van der Waals surface area contributed by atoms with Crippen molar-refractivity contribution in [2.24, 2.45) is 11.8 Å². The molecular weight excluding hydrogens is 252 g/mol. The number of rotatable bonds is 8. The summed E-state index contributed by atoms with van der Waals surface area (Å²) in [7, 11) is 1.75. The Morgan fingerprint density at radius 3 is 2.50 bits per heavy atom.